The number of carbonyl (C=O) groups is 1. The Kier molecular flexibility index (Phi) is 6.20. The monoisotopic (exact) mass is 455 g/mol. The maximum Gasteiger partial charge on any atom is 0.274 e. The van der Waals surface area contributed by atoms with E-state index in [-0.39, 0.29) is 11.3 Å². The summed E-state index contributed by atoms with van der Waals surface area (Å²) in [5.41, 5.74) is 1.75. The molecule has 4 rings (SSSR count). The third kappa shape index (κ3) is 4.61. The van der Waals surface area contributed by atoms with Crippen molar-refractivity contribution < 1.29 is 14.8 Å². The number of anilines is 2. The van der Waals surface area contributed by atoms with E-state index in [1.54, 1.807) is 36.7 Å². The summed E-state index contributed by atoms with van der Waals surface area (Å²) in [5, 5.41) is 37.1. The number of nitriles is 1. The first-order valence-electron chi connectivity index (χ1n) is 9.75. The van der Waals surface area contributed by atoms with E-state index >= 15 is 0 Å². The number of carboxylic acid groups (broad SMARTS) is 1. The van der Waals surface area contributed by atoms with Gasteiger partial charge in [0.05, 0.1) is 28.4 Å². The van der Waals surface area contributed by atoms with Crippen LogP contribution < -0.4 is 10.4 Å². The van der Waals surface area contributed by atoms with Crippen LogP contribution in [0.1, 0.15) is 11.1 Å². The lowest BCUT2D eigenvalue weighted by molar-refractivity contribution is -0.386. The molecule has 0 radical (unpaired) electrons. The molecule has 0 fully saturated rings. The zero-order valence-corrected chi connectivity index (χ0v) is 17.8. The fraction of sp³-hybridized carbons (Fsp3) is 0.0417. The molecule has 0 amide bonds. The van der Waals surface area contributed by atoms with Crippen molar-refractivity contribution >= 4 is 45.6 Å². The molecule has 1 N–H and O–H groups in total. The summed E-state index contributed by atoms with van der Waals surface area (Å²) in [4.78, 5) is 27.4. The molecule has 1 aromatic heterocycles. The highest BCUT2D eigenvalue weighted by Gasteiger charge is 2.19. The lowest BCUT2D eigenvalue weighted by Crippen LogP contribution is -2.25. The third-order valence-corrected chi connectivity index (χ3v) is 6.12. The van der Waals surface area contributed by atoms with Gasteiger partial charge in [-0.2, -0.15) is 5.26 Å². The molecule has 0 aliphatic heterocycles. The second-order valence-electron chi connectivity index (χ2n) is 6.98. The van der Waals surface area contributed by atoms with Crippen molar-refractivity contribution in [3.8, 4) is 6.07 Å². The first kappa shape index (κ1) is 21.8. The number of nitrogens with one attached hydrogen (secondary N) is 1. The molecular formula is C24H15N4O4S-. The topological polar surface area (TPSA) is 132 Å². The van der Waals surface area contributed by atoms with Crippen LogP contribution in [-0.4, -0.2) is 15.9 Å². The quantitative estimate of drug-likeness (QED) is 0.324. The highest BCUT2D eigenvalue weighted by molar-refractivity contribution is 7.99. The van der Waals surface area contributed by atoms with Crippen molar-refractivity contribution in [1.82, 2.24) is 4.98 Å². The van der Waals surface area contributed by atoms with Gasteiger partial charge in [-0.25, -0.2) is 0 Å². The predicted molar refractivity (Wildman–Crippen MR) is 122 cm³/mol. The minimum absolute atomic E-state index is 0.0825. The number of pyridine rings is 1. The van der Waals surface area contributed by atoms with Crippen molar-refractivity contribution in [2.75, 3.05) is 5.32 Å². The average Bonchev–Trinajstić information content (AvgIpc) is 2.81. The van der Waals surface area contributed by atoms with Gasteiger partial charge in [-0.1, -0.05) is 42.1 Å². The third-order valence-electron chi connectivity index (χ3n) is 4.94. The average molecular weight is 455 g/mol. The molecule has 0 atom stereocenters. The fourth-order valence-electron chi connectivity index (χ4n) is 3.48. The van der Waals surface area contributed by atoms with E-state index < -0.39 is 17.3 Å². The fourth-order valence-corrected chi connectivity index (χ4v) is 4.50. The number of benzene rings is 3. The largest absolute Gasteiger partial charge is 0.550 e. The predicted octanol–water partition coefficient (Wildman–Crippen LogP) is 4.20. The molecule has 0 spiro atoms. The van der Waals surface area contributed by atoms with Gasteiger partial charge in [-0.3, -0.25) is 15.1 Å². The van der Waals surface area contributed by atoms with Crippen molar-refractivity contribution in [2.24, 2.45) is 0 Å². The normalized spacial score (nSPS) is 10.5. The van der Waals surface area contributed by atoms with Crippen LogP contribution in [0.5, 0.6) is 0 Å². The van der Waals surface area contributed by atoms with Crippen LogP contribution in [0.25, 0.3) is 10.8 Å². The number of nitro groups is 1. The Morgan fingerprint density at radius 2 is 1.82 bits per heavy atom. The summed E-state index contributed by atoms with van der Waals surface area (Å²) in [6.45, 7) is 0. The molecule has 8 nitrogen and oxygen atoms in total. The Hall–Kier alpha value is -4.42. The number of hydrogen-bond acceptors (Lipinski definition) is 8. The number of carboxylic acids is 1. The highest BCUT2D eigenvalue weighted by Crippen LogP contribution is 2.39. The molecule has 0 aliphatic carbocycles. The zero-order chi connectivity index (χ0) is 23.4. The molecule has 0 unspecified atom stereocenters. The van der Waals surface area contributed by atoms with Gasteiger partial charge in [0.25, 0.3) is 5.69 Å². The van der Waals surface area contributed by atoms with E-state index in [0.717, 1.165) is 16.5 Å². The van der Waals surface area contributed by atoms with Crippen LogP contribution >= 0.6 is 11.8 Å². The van der Waals surface area contributed by atoms with E-state index in [2.05, 4.69) is 16.4 Å². The maximum absolute atomic E-state index is 11.4. The Balaban J connectivity index is 1.75. The first-order chi connectivity index (χ1) is 16.0. The second kappa shape index (κ2) is 9.38. The number of aromatic nitrogens is 1. The zero-order valence-electron chi connectivity index (χ0n) is 17.0. The number of rotatable bonds is 7. The number of aliphatic carboxylic acids is 1. The molecule has 0 saturated carbocycles. The Labute approximate surface area is 192 Å². The maximum atomic E-state index is 11.4. The van der Waals surface area contributed by atoms with Crippen molar-refractivity contribution in [1.29, 1.82) is 5.26 Å². The molecule has 0 aliphatic rings. The van der Waals surface area contributed by atoms with Gasteiger partial charge >= 0.3 is 0 Å². The van der Waals surface area contributed by atoms with Gasteiger partial charge in [0.15, 0.2) is 0 Å². The van der Waals surface area contributed by atoms with Crippen LogP contribution in [-0.2, 0) is 11.2 Å². The van der Waals surface area contributed by atoms with Crippen molar-refractivity contribution in [3.63, 3.8) is 0 Å². The lowest BCUT2D eigenvalue weighted by Gasteiger charge is -2.15. The lowest BCUT2D eigenvalue weighted by atomic mass is 10.0. The smallest absolute Gasteiger partial charge is 0.274 e. The van der Waals surface area contributed by atoms with Gasteiger partial charge in [-0.05, 0) is 24.3 Å². The molecule has 9 heteroatoms. The van der Waals surface area contributed by atoms with Crippen LogP contribution in [0.3, 0.4) is 0 Å². The van der Waals surface area contributed by atoms with E-state index in [0.29, 0.717) is 21.0 Å². The molecule has 1 heterocycles. The molecule has 3 aromatic carbocycles. The van der Waals surface area contributed by atoms with Gasteiger partial charge < -0.3 is 15.2 Å². The van der Waals surface area contributed by atoms with Gasteiger partial charge in [0.2, 0.25) is 0 Å². The highest BCUT2D eigenvalue weighted by atomic mass is 32.2. The van der Waals surface area contributed by atoms with Crippen LogP contribution in [0, 0.1) is 21.4 Å². The Bertz CT molecular complexity index is 1430. The minimum Gasteiger partial charge on any atom is -0.550 e. The summed E-state index contributed by atoms with van der Waals surface area (Å²) in [6.07, 6.45) is 2.62. The standard InChI is InChI=1S/C24H16N4O4S/c25-13-15-8-9-19(17-5-2-1-4-16(15)17)27-20-14-26-11-10-23(20)33-22-7-3-6-21(28(31)32)18(22)12-24(29)30/h1-11,14,27H,12H2,(H,29,30)/p-1. The summed E-state index contributed by atoms with van der Waals surface area (Å²) >= 11 is 1.20. The van der Waals surface area contributed by atoms with Gasteiger partial charge in [-0.15, -0.1) is 0 Å². The van der Waals surface area contributed by atoms with Crippen molar-refractivity contribution in [3.05, 3.63) is 94.3 Å². The molecule has 33 heavy (non-hydrogen) atoms. The van der Waals surface area contributed by atoms with E-state index in [1.165, 1.54) is 23.9 Å². The van der Waals surface area contributed by atoms with E-state index in [9.17, 15) is 25.3 Å². The molecule has 4 aromatic rings. The van der Waals surface area contributed by atoms with Gasteiger partial charge in [0, 0.05) is 56.5 Å². The Morgan fingerprint density at radius 1 is 1.03 bits per heavy atom. The summed E-state index contributed by atoms with van der Waals surface area (Å²) in [6, 6.07) is 19.4. The van der Waals surface area contributed by atoms with Crippen LogP contribution in [0.2, 0.25) is 0 Å². The number of nitrogens with zero attached hydrogens (tertiary/aromatic N) is 3. The van der Waals surface area contributed by atoms with Crippen LogP contribution in [0.4, 0.5) is 17.1 Å². The summed E-state index contributed by atoms with van der Waals surface area (Å²) in [5.74, 6) is -1.40. The summed E-state index contributed by atoms with van der Waals surface area (Å²) < 4.78 is 0. The molecule has 162 valence electrons. The summed E-state index contributed by atoms with van der Waals surface area (Å²) in [7, 11) is 0. The SMILES string of the molecule is N#Cc1ccc(Nc2cnccc2Sc2cccc([N+](=O)[O-])c2CC(=O)[O-])c2ccccc12. The minimum atomic E-state index is -1.40. The molecule has 0 bridgehead atoms. The van der Waals surface area contributed by atoms with Crippen LogP contribution in [0.15, 0.2) is 82.8 Å². The molecular weight excluding hydrogens is 440 g/mol. The Morgan fingerprint density at radius 3 is 2.55 bits per heavy atom. The second-order valence-corrected chi connectivity index (χ2v) is 8.06. The number of nitro benzene ring substituents is 1. The van der Waals surface area contributed by atoms with Crippen molar-refractivity contribution in [2.45, 2.75) is 16.2 Å². The van der Waals surface area contributed by atoms with Gasteiger partial charge in [0.1, 0.15) is 0 Å². The first-order valence-corrected chi connectivity index (χ1v) is 10.6. The number of fused-ring (bicyclic) bond motifs is 1. The number of hydrogen-bond donors (Lipinski definition) is 1. The number of carbonyl (C=O) groups excluding carboxylic acids is 1. The van der Waals surface area contributed by atoms with E-state index in [1.807, 2.05) is 24.3 Å². The van der Waals surface area contributed by atoms with E-state index in [4.69, 9.17) is 0 Å². The molecule has 0 saturated heterocycles.